The first-order chi connectivity index (χ1) is 5.33. The molecule has 0 heterocycles. The van der Waals surface area contributed by atoms with E-state index in [-0.39, 0.29) is 0 Å². The van der Waals surface area contributed by atoms with Crippen molar-refractivity contribution in [3.8, 4) is 0 Å². The molecule has 0 fully saturated rings. The normalized spacial score (nSPS) is 15.2. The van der Waals surface area contributed by atoms with Gasteiger partial charge in [0.2, 0.25) is 0 Å². The van der Waals surface area contributed by atoms with Gasteiger partial charge >= 0.3 is 87.5 Å². The molecule has 0 aliphatic rings. The molecule has 0 nitrogen and oxygen atoms in total. The van der Waals surface area contributed by atoms with Crippen LogP contribution in [0.4, 0.5) is 0 Å². The molecular formula is C10H16AsI. The standard InChI is InChI=1S/C10H16AsI/c1-11(2,3,12)9-10-7-5-4-6-8-10/h4-8H,9H2,1-3H3. The van der Waals surface area contributed by atoms with E-state index < -0.39 is 9.10 Å². The second-order valence-electron chi connectivity index (χ2n) is 4.56. The van der Waals surface area contributed by atoms with Crippen LogP contribution in [0.2, 0.25) is 17.1 Å². The van der Waals surface area contributed by atoms with E-state index in [2.05, 4.69) is 67.6 Å². The fourth-order valence-electron chi connectivity index (χ4n) is 1.20. The Bertz CT molecular complexity index is 249. The molecule has 0 N–H and O–H groups in total. The molecule has 1 aromatic carbocycles. The minimum atomic E-state index is -1.89. The minimum absolute atomic E-state index is 1.29. The predicted molar refractivity (Wildman–Crippen MR) is 67.5 cm³/mol. The zero-order valence-electron chi connectivity index (χ0n) is 7.92. The van der Waals surface area contributed by atoms with Crippen LogP contribution in [0, 0.1) is 0 Å². The number of hydrogen-bond donors (Lipinski definition) is 0. The van der Waals surface area contributed by atoms with Gasteiger partial charge in [0, 0.05) is 0 Å². The molecule has 0 aliphatic carbocycles. The Hall–Kier alpha value is 0.508. The van der Waals surface area contributed by atoms with E-state index in [1.807, 2.05) is 0 Å². The molecule has 0 bridgehead atoms. The molecule has 68 valence electrons. The first kappa shape index (κ1) is 10.6. The average molecular weight is 338 g/mol. The van der Waals surface area contributed by atoms with Gasteiger partial charge in [-0.2, -0.15) is 0 Å². The monoisotopic (exact) mass is 338 g/mol. The second kappa shape index (κ2) is 3.34. The molecule has 0 spiro atoms. The Morgan fingerprint density at radius 3 is 2.00 bits per heavy atom. The molecule has 0 amide bonds. The third-order valence-corrected chi connectivity index (χ3v) is 6.34. The van der Waals surface area contributed by atoms with Crippen molar-refractivity contribution in [2.45, 2.75) is 22.3 Å². The van der Waals surface area contributed by atoms with E-state index in [9.17, 15) is 0 Å². The van der Waals surface area contributed by atoms with Crippen LogP contribution in [-0.2, 0) is 5.21 Å². The molecule has 0 saturated heterocycles. The molecule has 0 aromatic heterocycles. The van der Waals surface area contributed by atoms with E-state index in [1.54, 1.807) is 0 Å². The van der Waals surface area contributed by atoms with Crippen LogP contribution in [-0.4, -0.2) is 9.10 Å². The number of halogens is 1. The predicted octanol–water partition coefficient (Wildman–Crippen LogP) is 3.99. The molecule has 12 heavy (non-hydrogen) atoms. The van der Waals surface area contributed by atoms with Crippen LogP contribution in [0.1, 0.15) is 5.56 Å². The van der Waals surface area contributed by atoms with Gasteiger partial charge in [-0.3, -0.25) is 0 Å². The quantitative estimate of drug-likeness (QED) is 0.565. The van der Waals surface area contributed by atoms with Crippen LogP contribution in [0.5, 0.6) is 0 Å². The number of rotatable bonds is 2. The summed E-state index contributed by atoms with van der Waals surface area (Å²) in [6, 6.07) is 10.8. The van der Waals surface area contributed by atoms with Crippen molar-refractivity contribution in [1.29, 1.82) is 0 Å². The summed E-state index contributed by atoms with van der Waals surface area (Å²) in [4.78, 5) is 0. The van der Waals surface area contributed by atoms with E-state index in [0.717, 1.165) is 0 Å². The molecule has 0 saturated carbocycles. The zero-order valence-corrected chi connectivity index (χ0v) is 12.0. The summed E-state index contributed by atoms with van der Waals surface area (Å²) >= 11 is 2.69. The third kappa shape index (κ3) is 4.51. The first-order valence-corrected chi connectivity index (χ1v) is 16.8. The fraction of sp³-hybridized carbons (Fsp3) is 0.400. The van der Waals surface area contributed by atoms with Crippen molar-refractivity contribution < 1.29 is 0 Å². The molecule has 0 atom stereocenters. The number of benzene rings is 1. The van der Waals surface area contributed by atoms with Crippen molar-refractivity contribution in [2.75, 3.05) is 0 Å². The van der Waals surface area contributed by atoms with Gasteiger partial charge in [-0.15, -0.1) is 0 Å². The van der Waals surface area contributed by atoms with Gasteiger partial charge in [-0.25, -0.2) is 0 Å². The average Bonchev–Trinajstić information content (AvgIpc) is 1.83. The summed E-state index contributed by atoms with van der Waals surface area (Å²) < 4.78 is 0. The molecule has 0 aliphatic heterocycles. The van der Waals surface area contributed by atoms with E-state index >= 15 is 0 Å². The van der Waals surface area contributed by atoms with Gasteiger partial charge in [0.05, 0.1) is 0 Å². The zero-order chi connectivity index (χ0) is 9.27. The van der Waals surface area contributed by atoms with Crippen molar-refractivity contribution in [3.63, 3.8) is 0 Å². The Balaban J connectivity index is 2.79. The molecule has 1 rings (SSSR count). The summed E-state index contributed by atoms with van der Waals surface area (Å²) in [6.07, 6.45) is 0. The van der Waals surface area contributed by atoms with Crippen LogP contribution < -0.4 is 0 Å². The van der Waals surface area contributed by atoms with Crippen LogP contribution >= 0.6 is 20.1 Å². The van der Waals surface area contributed by atoms with E-state index in [4.69, 9.17) is 0 Å². The summed E-state index contributed by atoms with van der Waals surface area (Å²) in [5.74, 6) is 0. The Labute approximate surface area is 86.9 Å². The van der Waals surface area contributed by atoms with Crippen LogP contribution in [0.15, 0.2) is 30.3 Å². The molecule has 0 radical (unpaired) electrons. The SMILES string of the molecule is C[As](C)(C)(I)Cc1ccccc1. The number of hydrogen-bond acceptors (Lipinski definition) is 0. The van der Waals surface area contributed by atoms with Crippen LogP contribution in [0.3, 0.4) is 0 Å². The summed E-state index contributed by atoms with van der Waals surface area (Å²) in [7, 11) is -1.89. The van der Waals surface area contributed by atoms with Gasteiger partial charge in [0.15, 0.2) is 0 Å². The van der Waals surface area contributed by atoms with Crippen LogP contribution in [0.25, 0.3) is 0 Å². The van der Waals surface area contributed by atoms with Gasteiger partial charge in [-0.05, 0) is 0 Å². The van der Waals surface area contributed by atoms with Crippen molar-refractivity contribution >= 4 is 29.2 Å². The van der Waals surface area contributed by atoms with Crippen molar-refractivity contribution in [3.05, 3.63) is 35.9 Å². The summed E-state index contributed by atoms with van der Waals surface area (Å²) in [5, 5.41) is 1.29. The maximum absolute atomic E-state index is 2.69. The van der Waals surface area contributed by atoms with Crippen molar-refractivity contribution in [1.82, 2.24) is 0 Å². The Kier molecular flexibility index (Phi) is 2.95. The van der Waals surface area contributed by atoms with Gasteiger partial charge in [0.25, 0.3) is 0 Å². The summed E-state index contributed by atoms with van der Waals surface area (Å²) in [6.45, 7) is 0. The fourth-order valence-corrected chi connectivity index (χ4v) is 6.28. The maximum atomic E-state index is 2.69. The van der Waals surface area contributed by atoms with Crippen molar-refractivity contribution in [2.24, 2.45) is 0 Å². The Morgan fingerprint density at radius 2 is 1.58 bits per heavy atom. The topological polar surface area (TPSA) is 0 Å². The van der Waals surface area contributed by atoms with Gasteiger partial charge < -0.3 is 0 Å². The van der Waals surface area contributed by atoms with Gasteiger partial charge in [0.1, 0.15) is 0 Å². The third-order valence-electron chi connectivity index (χ3n) is 1.56. The summed E-state index contributed by atoms with van der Waals surface area (Å²) in [5.41, 5.74) is 8.84. The first-order valence-electron chi connectivity index (χ1n) is 4.09. The van der Waals surface area contributed by atoms with E-state index in [0.29, 0.717) is 0 Å². The molecular weight excluding hydrogens is 322 g/mol. The molecule has 0 unspecified atom stereocenters. The second-order valence-corrected chi connectivity index (χ2v) is 36.0. The van der Waals surface area contributed by atoms with Gasteiger partial charge in [-0.1, -0.05) is 0 Å². The molecule has 2 heteroatoms. The Morgan fingerprint density at radius 1 is 1.08 bits per heavy atom. The van der Waals surface area contributed by atoms with E-state index in [1.165, 1.54) is 10.8 Å². The molecule has 1 aromatic rings.